The molecule has 0 aliphatic heterocycles. The summed E-state index contributed by atoms with van der Waals surface area (Å²) in [5.74, 6) is 0.302. The molecule has 0 aliphatic rings. The third-order valence-corrected chi connectivity index (χ3v) is 4.18. The molecule has 0 aliphatic carbocycles. The van der Waals surface area contributed by atoms with Gasteiger partial charge < -0.3 is 21.6 Å². The van der Waals surface area contributed by atoms with Gasteiger partial charge in [-0.25, -0.2) is 4.98 Å². The van der Waals surface area contributed by atoms with Crippen LogP contribution in [0.5, 0.6) is 6.01 Å². The van der Waals surface area contributed by atoms with Crippen LogP contribution in [0.3, 0.4) is 0 Å². The second kappa shape index (κ2) is 5.50. The number of pyridine rings is 1. The van der Waals surface area contributed by atoms with Crippen molar-refractivity contribution >= 4 is 27.8 Å². The van der Waals surface area contributed by atoms with Crippen molar-refractivity contribution in [2.45, 2.75) is 13.0 Å². The summed E-state index contributed by atoms with van der Waals surface area (Å²) < 4.78 is 0. The predicted molar refractivity (Wildman–Crippen MR) is 94.6 cm³/mol. The van der Waals surface area contributed by atoms with Gasteiger partial charge in [0, 0.05) is 11.9 Å². The first-order valence-electron chi connectivity index (χ1n) is 7.69. The first kappa shape index (κ1) is 14.5. The fourth-order valence-corrected chi connectivity index (χ4v) is 3.11. The highest BCUT2D eigenvalue weighted by Crippen LogP contribution is 2.31. The molecule has 0 radical (unpaired) electrons. The Balaban J connectivity index is 1.93. The van der Waals surface area contributed by atoms with Gasteiger partial charge in [0.15, 0.2) is 5.82 Å². The number of aromatic amines is 1. The normalized spacial score (nSPS) is 11.4. The van der Waals surface area contributed by atoms with Gasteiger partial charge in [0.1, 0.15) is 5.52 Å². The summed E-state index contributed by atoms with van der Waals surface area (Å²) in [5.41, 5.74) is 17.0. The van der Waals surface area contributed by atoms with Crippen molar-refractivity contribution in [3.8, 4) is 6.01 Å². The average molecular weight is 319 g/mol. The third kappa shape index (κ3) is 2.33. The second-order valence-electron chi connectivity index (χ2n) is 5.79. The van der Waals surface area contributed by atoms with Gasteiger partial charge in [-0.2, -0.15) is 4.98 Å². The van der Waals surface area contributed by atoms with Gasteiger partial charge in [-0.3, -0.25) is 0 Å². The van der Waals surface area contributed by atoms with Gasteiger partial charge >= 0.3 is 0 Å². The largest absolute Gasteiger partial charge is 0.480 e. The standard InChI is InChI=1S/C18H17N5O/c19-9-11-4-1-3-10(7-11)8-12-5-2-6-13-14(12)15-16(17(20)21-13)23-18(24)22-15/h1-7H,8-9,19H2,(H2,20,21)(H2,22,23,24). The van der Waals surface area contributed by atoms with E-state index in [-0.39, 0.29) is 6.01 Å². The molecule has 0 bridgehead atoms. The zero-order valence-electron chi connectivity index (χ0n) is 13.0. The van der Waals surface area contributed by atoms with E-state index in [0.717, 1.165) is 28.5 Å². The van der Waals surface area contributed by atoms with E-state index < -0.39 is 0 Å². The number of imidazole rings is 1. The molecule has 2 heterocycles. The minimum atomic E-state index is -0.161. The lowest BCUT2D eigenvalue weighted by atomic mass is 9.98. The summed E-state index contributed by atoms with van der Waals surface area (Å²) in [5, 5.41) is 10.6. The first-order chi connectivity index (χ1) is 11.7. The van der Waals surface area contributed by atoms with Gasteiger partial charge in [0.2, 0.25) is 0 Å². The molecular formula is C18H17N5O. The lowest BCUT2D eigenvalue weighted by molar-refractivity contribution is 0.438. The number of aromatic nitrogens is 3. The van der Waals surface area contributed by atoms with Gasteiger partial charge in [0.05, 0.1) is 11.0 Å². The van der Waals surface area contributed by atoms with Crippen LogP contribution in [0.25, 0.3) is 21.9 Å². The van der Waals surface area contributed by atoms with E-state index in [2.05, 4.69) is 27.1 Å². The lowest BCUT2D eigenvalue weighted by Gasteiger charge is -2.09. The molecular weight excluding hydrogens is 302 g/mol. The van der Waals surface area contributed by atoms with Crippen LogP contribution in [0.2, 0.25) is 0 Å². The van der Waals surface area contributed by atoms with E-state index >= 15 is 0 Å². The molecule has 2 aromatic carbocycles. The summed E-state index contributed by atoms with van der Waals surface area (Å²) in [4.78, 5) is 11.3. The number of nitrogens with two attached hydrogens (primary N) is 2. The van der Waals surface area contributed by atoms with Gasteiger partial charge in [0.25, 0.3) is 6.01 Å². The minimum Gasteiger partial charge on any atom is -0.480 e. The van der Waals surface area contributed by atoms with Crippen LogP contribution in [0.15, 0.2) is 42.5 Å². The average Bonchev–Trinajstić information content (AvgIpc) is 2.97. The quantitative estimate of drug-likeness (QED) is 0.463. The molecule has 0 amide bonds. The summed E-state index contributed by atoms with van der Waals surface area (Å²) in [6.45, 7) is 0.514. The summed E-state index contributed by atoms with van der Waals surface area (Å²) in [6.07, 6.45) is 0.728. The molecule has 6 N–H and O–H groups in total. The highest BCUT2D eigenvalue weighted by molar-refractivity contribution is 6.08. The number of benzene rings is 2. The van der Waals surface area contributed by atoms with Crippen molar-refractivity contribution in [1.29, 1.82) is 0 Å². The van der Waals surface area contributed by atoms with Gasteiger partial charge in [-0.05, 0) is 29.2 Å². The van der Waals surface area contributed by atoms with Crippen molar-refractivity contribution in [2.24, 2.45) is 5.73 Å². The SMILES string of the molecule is NCc1cccc(Cc2cccc3nc(N)c4nc(O)[nH]c4c23)c1. The van der Waals surface area contributed by atoms with E-state index in [9.17, 15) is 5.11 Å². The van der Waals surface area contributed by atoms with Crippen molar-refractivity contribution in [1.82, 2.24) is 15.0 Å². The second-order valence-corrected chi connectivity index (χ2v) is 5.79. The molecule has 0 spiro atoms. The summed E-state index contributed by atoms with van der Waals surface area (Å²) in [7, 11) is 0. The van der Waals surface area contributed by atoms with Crippen LogP contribution in [-0.2, 0) is 13.0 Å². The maximum absolute atomic E-state index is 9.73. The summed E-state index contributed by atoms with van der Waals surface area (Å²) in [6, 6.07) is 14.0. The molecule has 120 valence electrons. The van der Waals surface area contributed by atoms with E-state index in [1.54, 1.807) is 0 Å². The number of fused-ring (bicyclic) bond motifs is 3. The number of nitrogen functional groups attached to an aromatic ring is 1. The maximum Gasteiger partial charge on any atom is 0.292 e. The Hall–Kier alpha value is -3.12. The predicted octanol–water partition coefficient (Wildman–Crippen LogP) is 2.45. The number of anilines is 1. The maximum atomic E-state index is 9.73. The lowest BCUT2D eigenvalue weighted by Crippen LogP contribution is -1.99. The van der Waals surface area contributed by atoms with Crippen LogP contribution in [-0.4, -0.2) is 20.1 Å². The van der Waals surface area contributed by atoms with Gasteiger partial charge in [-0.1, -0.05) is 36.4 Å². The molecule has 2 aromatic heterocycles. The highest BCUT2D eigenvalue weighted by atomic mass is 16.3. The fourth-order valence-electron chi connectivity index (χ4n) is 3.11. The Kier molecular flexibility index (Phi) is 3.32. The van der Waals surface area contributed by atoms with E-state index in [1.165, 1.54) is 5.56 Å². The van der Waals surface area contributed by atoms with Gasteiger partial charge in [-0.15, -0.1) is 0 Å². The van der Waals surface area contributed by atoms with Crippen molar-refractivity contribution in [3.05, 3.63) is 59.2 Å². The topological polar surface area (TPSA) is 114 Å². The molecule has 4 rings (SSSR count). The van der Waals surface area contributed by atoms with Crippen LogP contribution in [0.1, 0.15) is 16.7 Å². The summed E-state index contributed by atoms with van der Waals surface area (Å²) >= 11 is 0. The third-order valence-electron chi connectivity index (χ3n) is 4.18. The van der Waals surface area contributed by atoms with E-state index in [0.29, 0.717) is 23.4 Å². The number of nitrogens with one attached hydrogen (secondary N) is 1. The number of aromatic hydroxyl groups is 1. The molecule has 0 unspecified atom stereocenters. The minimum absolute atomic E-state index is 0.161. The number of H-pyrrole nitrogens is 1. The number of nitrogens with zero attached hydrogens (tertiary/aromatic N) is 2. The van der Waals surface area contributed by atoms with Crippen molar-refractivity contribution in [3.63, 3.8) is 0 Å². The first-order valence-corrected chi connectivity index (χ1v) is 7.69. The Labute approximate surface area is 138 Å². The van der Waals surface area contributed by atoms with E-state index in [4.69, 9.17) is 11.5 Å². The van der Waals surface area contributed by atoms with Crippen molar-refractivity contribution < 1.29 is 5.11 Å². The van der Waals surface area contributed by atoms with E-state index in [1.807, 2.05) is 30.3 Å². The van der Waals surface area contributed by atoms with Crippen molar-refractivity contribution in [2.75, 3.05) is 5.73 Å². The number of rotatable bonds is 3. The van der Waals surface area contributed by atoms with Crippen LogP contribution < -0.4 is 11.5 Å². The molecule has 0 saturated heterocycles. The Morgan fingerprint density at radius 3 is 2.67 bits per heavy atom. The molecule has 0 atom stereocenters. The highest BCUT2D eigenvalue weighted by Gasteiger charge is 2.14. The van der Waals surface area contributed by atoms with Crippen LogP contribution in [0, 0.1) is 0 Å². The number of hydrogen-bond donors (Lipinski definition) is 4. The fraction of sp³-hybridized carbons (Fsp3) is 0.111. The molecule has 0 saturated carbocycles. The zero-order valence-corrected chi connectivity index (χ0v) is 13.0. The monoisotopic (exact) mass is 319 g/mol. The molecule has 4 aromatic rings. The number of hydrogen-bond acceptors (Lipinski definition) is 5. The Morgan fingerprint density at radius 1 is 1.04 bits per heavy atom. The molecule has 6 nitrogen and oxygen atoms in total. The molecule has 0 fully saturated rings. The molecule has 6 heteroatoms. The smallest absolute Gasteiger partial charge is 0.292 e. The zero-order chi connectivity index (χ0) is 16.7. The van der Waals surface area contributed by atoms with Crippen LogP contribution >= 0.6 is 0 Å². The Morgan fingerprint density at radius 2 is 1.83 bits per heavy atom. The Bertz CT molecular complexity index is 1050. The molecule has 24 heavy (non-hydrogen) atoms. The van der Waals surface area contributed by atoms with Crippen LogP contribution in [0.4, 0.5) is 5.82 Å².